The van der Waals surface area contributed by atoms with E-state index in [0.717, 1.165) is 36.6 Å². The van der Waals surface area contributed by atoms with E-state index >= 15 is 0 Å². The average molecular weight is 313 g/mol. The summed E-state index contributed by atoms with van der Waals surface area (Å²) >= 11 is 0. The highest BCUT2D eigenvalue weighted by Crippen LogP contribution is 2.32. The molecular formula is C18H23N3O2. The Morgan fingerprint density at radius 3 is 2.70 bits per heavy atom. The van der Waals surface area contributed by atoms with Gasteiger partial charge in [0, 0.05) is 23.8 Å². The van der Waals surface area contributed by atoms with Gasteiger partial charge >= 0.3 is 0 Å². The van der Waals surface area contributed by atoms with Gasteiger partial charge in [0.2, 0.25) is 0 Å². The zero-order valence-corrected chi connectivity index (χ0v) is 13.6. The molecule has 1 fully saturated rings. The molecule has 0 saturated heterocycles. The minimum Gasteiger partial charge on any atom is -0.390 e. The van der Waals surface area contributed by atoms with Gasteiger partial charge in [0.15, 0.2) is 0 Å². The molecule has 0 unspecified atom stereocenters. The van der Waals surface area contributed by atoms with Crippen molar-refractivity contribution in [1.29, 1.82) is 0 Å². The molecule has 1 saturated carbocycles. The van der Waals surface area contributed by atoms with Crippen LogP contribution in [0.3, 0.4) is 0 Å². The van der Waals surface area contributed by atoms with Crippen LogP contribution in [-0.4, -0.2) is 32.6 Å². The maximum Gasteiger partial charge on any atom is 0.253 e. The third-order valence-corrected chi connectivity index (χ3v) is 4.81. The first kappa shape index (κ1) is 15.9. The summed E-state index contributed by atoms with van der Waals surface area (Å²) in [6, 6.07) is 3.88. The van der Waals surface area contributed by atoms with Gasteiger partial charge in [-0.05, 0) is 57.6 Å². The summed E-state index contributed by atoms with van der Waals surface area (Å²) < 4.78 is 0. The van der Waals surface area contributed by atoms with Crippen LogP contribution in [0.15, 0.2) is 30.7 Å². The summed E-state index contributed by atoms with van der Waals surface area (Å²) in [5.41, 5.74) is 0.730. The number of nitrogens with zero attached hydrogens (tertiary/aromatic N) is 2. The number of hydrogen-bond donors (Lipinski definition) is 2. The summed E-state index contributed by atoms with van der Waals surface area (Å²) in [6.45, 7) is 3.73. The van der Waals surface area contributed by atoms with Gasteiger partial charge in [-0.1, -0.05) is 0 Å². The molecule has 0 bridgehead atoms. The fraction of sp³-hybridized carbons (Fsp3) is 0.500. The smallest absolute Gasteiger partial charge is 0.253 e. The molecular weight excluding hydrogens is 290 g/mol. The van der Waals surface area contributed by atoms with Crippen molar-refractivity contribution in [2.75, 3.05) is 0 Å². The summed E-state index contributed by atoms with van der Waals surface area (Å²) in [7, 11) is 0. The predicted molar refractivity (Wildman–Crippen MR) is 89.0 cm³/mol. The SMILES string of the molecule is CC(C)(O)C1CCC(NC(=O)c2cnc3cnccc3c2)CC1. The van der Waals surface area contributed by atoms with Gasteiger partial charge in [0.05, 0.1) is 22.9 Å². The minimum absolute atomic E-state index is 0.0806. The molecule has 0 radical (unpaired) electrons. The molecule has 0 aliphatic heterocycles. The van der Waals surface area contributed by atoms with Gasteiger partial charge in [-0.3, -0.25) is 14.8 Å². The lowest BCUT2D eigenvalue weighted by molar-refractivity contribution is -0.00257. The number of fused-ring (bicyclic) bond motifs is 1. The lowest BCUT2D eigenvalue weighted by Crippen LogP contribution is -2.41. The van der Waals surface area contributed by atoms with E-state index in [1.807, 2.05) is 26.0 Å². The second kappa shape index (κ2) is 6.24. The molecule has 2 aromatic heterocycles. The Balaban J connectivity index is 1.63. The normalized spacial score (nSPS) is 22.0. The fourth-order valence-corrected chi connectivity index (χ4v) is 3.31. The van der Waals surface area contributed by atoms with Crippen LogP contribution in [0.25, 0.3) is 10.9 Å². The lowest BCUT2D eigenvalue weighted by Gasteiger charge is -2.36. The predicted octanol–water partition coefficient (Wildman–Crippen LogP) is 2.69. The number of nitrogens with one attached hydrogen (secondary N) is 1. The molecule has 3 rings (SSSR count). The second-order valence-corrected chi connectivity index (χ2v) is 6.97. The Kier molecular flexibility index (Phi) is 4.31. The zero-order chi connectivity index (χ0) is 16.4. The molecule has 0 aromatic carbocycles. The first-order valence-corrected chi connectivity index (χ1v) is 8.16. The van der Waals surface area contributed by atoms with Crippen molar-refractivity contribution < 1.29 is 9.90 Å². The zero-order valence-electron chi connectivity index (χ0n) is 13.6. The summed E-state index contributed by atoms with van der Waals surface area (Å²) in [6.07, 6.45) is 8.68. The molecule has 0 atom stereocenters. The largest absolute Gasteiger partial charge is 0.390 e. The Labute approximate surface area is 136 Å². The van der Waals surface area contributed by atoms with Crippen LogP contribution in [0.4, 0.5) is 0 Å². The molecule has 5 nitrogen and oxygen atoms in total. The van der Waals surface area contributed by atoms with Crippen molar-refractivity contribution in [2.45, 2.75) is 51.2 Å². The Hall–Kier alpha value is -2.01. The van der Waals surface area contributed by atoms with Crippen LogP contribution in [0.2, 0.25) is 0 Å². The number of pyridine rings is 2. The molecule has 5 heteroatoms. The van der Waals surface area contributed by atoms with E-state index in [-0.39, 0.29) is 11.9 Å². The lowest BCUT2D eigenvalue weighted by atomic mass is 9.77. The molecule has 122 valence electrons. The van der Waals surface area contributed by atoms with Crippen molar-refractivity contribution in [3.8, 4) is 0 Å². The number of carbonyl (C=O) groups is 1. The van der Waals surface area contributed by atoms with E-state index in [2.05, 4.69) is 15.3 Å². The molecule has 1 aliphatic carbocycles. The maximum atomic E-state index is 12.4. The van der Waals surface area contributed by atoms with Crippen LogP contribution in [-0.2, 0) is 0 Å². The molecule has 2 aromatic rings. The Morgan fingerprint density at radius 2 is 2.00 bits per heavy atom. The number of amides is 1. The molecule has 0 spiro atoms. The van der Waals surface area contributed by atoms with Crippen LogP contribution in [0.1, 0.15) is 49.9 Å². The highest BCUT2D eigenvalue weighted by Gasteiger charge is 2.31. The third-order valence-electron chi connectivity index (χ3n) is 4.81. The maximum absolute atomic E-state index is 12.4. The number of aliphatic hydroxyl groups is 1. The summed E-state index contributed by atoms with van der Waals surface area (Å²) in [4.78, 5) is 20.7. The van der Waals surface area contributed by atoms with E-state index in [1.165, 1.54) is 0 Å². The quantitative estimate of drug-likeness (QED) is 0.913. The second-order valence-electron chi connectivity index (χ2n) is 6.97. The number of rotatable bonds is 3. The molecule has 2 N–H and O–H groups in total. The van der Waals surface area contributed by atoms with Crippen molar-refractivity contribution in [3.05, 3.63) is 36.3 Å². The molecule has 1 aliphatic rings. The molecule has 23 heavy (non-hydrogen) atoms. The highest BCUT2D eigenvalue weighted by atomic mass is 16.3. The van der Waals surface area contributed by atoms with E-state index in [9.17, 15) is 9.90 Å². The van der Waals surface area contributed by atoms with Crippen molar-refractivity contribution in [1.82, 2.24) is 15.3 Å². The van der Waals surface area contributed by atoms with E-state index < -0.39 is 5.60 Å². The Bertz CT molecular complexity index is 701. The van der Waals surface area contributed by atoms with Crippen molar-refractivity contribution >= 4 is 16.8 Å². The molecule has 2 heterocycles. The Morgan fingerprint density at radius 1 is 1.26 bits per heavy atom. The highest BCUT2D eigenvalue weighted by molar-refractivity contribution is 5.97. The first-order chi connectivity index (χ1) is 10.9. The van der Waals surface area contributed by atoms with E-state index in [0.29, 0.717) is 11.5 Å². The van der Waals surface area contributed by atoms with Gasteiger partial charge in [-0.25, -0.2) is 0 Å². The van der Waals surface area contributed by atoms with Crippen molar-refractivity contribution in [2.24, 2.45) is 5.92 Å². The van der Waals surface area contributed by atoms with Gasteiger partial charge in [0.25, 0.3) is 5.91 Å². The first-order valence-electron chi connectivity index (χ1n) is 8.16. The number of carbonyl (C=O) groups excluding carboxylic acids is 1. The van der Waals surface area contributed by atoms with Crippen LogP contribution in [0, 0.1) is 5.92 Å². The van der Waals surface area contributed by atoms with E-state index in [1.54, 1.807) is 18.6 Å². The van der Waals surface area contributed by atoms with Gasteiger partial charge in [-0.2, -0.15) is 0 Å². The summed E-state index contributed by atoms with van der Waals surface area (Å²) in [5.74, 6) is 0.230. The monoisotopic (exact) mass is 313 g/mol. The topological polar surface area (TPSA) is 75.1 Å². The standard InChI is InChI=1S/C18H23N3O2/c1-18(2,23)14-3-5-15(6-4-14)21-17(22)13-9-12-7-8-19-11-16(12)20-10-13/h7-11,14-15,23H,3-6H2,1-2H3,(H,21,22). The van der Waals surface area contributed by atoms with Crippen LogP contribution >= 0.6 is 0 Å². The minimum atomic E-state index is -0.634. The van der Waals surface area contributed by atoms with Gasteiger partial charge in [-0.15, -0.1) is 0 Å². The fourth-order valence-electron chi connectivity index (χ4n) is 3.31. The third kappa shape index (κ3) is 3.67. The van der Waals surface area contributed by atoms with E-state index in [4.69, 9.17) is 0 Å². The van der Waals surface area contributed by atoms with Crippen LogP contribution in [0.5, 0.6) is 0 Å². The molecule has 1 amide bonds. The van der Waals surface area contributed by atoms with Gasteiger partial charge in [0.1, 0.15) is 0 Å². The van der Waals surface area contributed by atoms with Gasteiger partial charge < -0.3 is 10.4 Å². The number of aromatic nitrogens is 2. The average Bonchev–Trinajstić information content (AvgIpc) is 2.54. The number of hydrogen-bond acceptors (Lipinski definition) is 4. The van der Waals surface area contributed by atoms with Crippen molar-refractivity contribution in [3.63, 3.8) is 0 Å². The summed E-state index contributed by atoms with van der Waals surface area (Å²) in [5, 5.41) is 14.1. The van der Waals surface area contributed by atoms with Crippen LogP contribution < -0.4 is 5.32 Å².